The Hall–Kier alpha value is -5.92. The van der Waals surface area contributed by atoms with Crippen molar-refractivity contribution in [2.45, 2.75) is 0 Å². The van der Waals surface area contributed by atoms with Gasteiger partial charge in [-0.05, 0) is 120 Å². The lowest BCUT2D eigenvalue weighted by Crippen LogP contribution is -1.84. The summed E-state index contributed by atoms with van der Waals surface area (Å²) in [5.41, 5.74) is 14.5. The zero-order chi connectivity index (χ0) is 29.5. The Labute approximate surface area is 260 Å². The summed E-state index contributed by atoms with van der Waals surface area (Å²) in [6.07, 6.45) is 0. The monoisotopic (exact) mass is 570 g/mol. The molecular weight excluding hydrogens is 544 g/mol. The smallest absolute Gasteiger partial charge is 0.135 e. The molecule has 9 aromatic rings. The van der Waals surface area contributed by atoms with E-state index in [2.05, 4.69) is 146 Å². The minimum absolute atomic E-state index is 0.926. The van der Waals surface area contributed by atoms with E-state index in [1.807, 2.05) is 12.1 Å². The van der Waals surface area contributed by atoms with E-state index in [1.54, 1.807) is 0 Å². The van der Waals surface area contributed by atoms with Crippen LogP contribution in [0.2, 0.25) is 0 Å². The van der Waals surface area contributed by atoms with Crippen LogP contribution in [0.4, 0.5) is 0 Å². The summed E-state index contributed by atoms with van der Waals surface area (Å²) in [6, 6.07) is 57.5. The van der Waals surface area contributed by atoms with Gasteiger partial charge >= 0.3 is 0 Å². The molecule has 0 amide bonds. The molecule has 0 saturated carbocycles. The highest BCUT2D eigenvalue weighted by Crippen LogP contribution is 2.48. The highest BCUT2D eigenvalue weighted by molar-refractivity contribution is 6.16. The van der Waals surface area contributed by atoms with E-state index >= 15 is 0 Å². The third-order valence-corrected chi connectivity index (χ3v) is 9.59. The molecule has 1 aliphatic rings. The van der Waals surface area contributed by atoms with Crippen molar-refractivity contribution in [3.8, 4) is 55.6 Å². The van der Waals surface area contributed by atoms with E-state index < -0.39 is 0 Å². The number of hydrogen-bond acceptors (Lipinski definition) is 1. The van der Waals surface area contributed by atoms with Gasteiger partial charge < -0.3 is 4.42 Å². The molecule has 0 fully saturated rings. The van der Waals surface area contributed by atoms with Crippen molar-refractivity contribution in [3.63, 3.8) is 0 Å². The Morgan fingerprint density at radius 3 is 1.62 bits per heavy atom. The summed E-state index contributed by atoms with van der Waals surface area (Å²) < 4.78 is 6.03. The first-order valence-electron chi connectivity index (χ1n) is 15.5. The summed E-state index contributed by atoms with van der Waals surface area (Å²) in [5.74, 6) is 0. The molecule has 8 aromatic carbocycles. The first-order valence-corrected chi connectivity index (χ1v) is 15.5. The molecule has 1 heterocycles. The molecule has 0 atom stereocenters. The molecule has 0 saturated heterocycles. The quantitative estimate of drug-likeness (QED) is 0.206. The van der Waals surface area contributed by atoms with Gasteiger partial charge in [0.05, 0.1) is 0 Å². The third kappa shape index (κ3) is 3.74. The maximum Gasteiger partial charge on any atom is 0.135 e. The minimum Gasteiger partial charge on any atom is -0.456 e. The lowest BCUT2D eigenvalue weighted by Gasteiger charge is -2.10. The largest absolute Gasteiger partial charge is 0.456 e. The maximum atomic E-state index is 6.03. The predicted molar refractivity (Wildman–Crippen MR) is 189 cm³/mol. The number of para-hydroxylation sites is 1. The fourth-order valence-electron chi connectivity index (χ4n) is 7.35. The van der Waals surface area contributed by atoms with Crippen molar-refractivity contribution in [3.05, 3.63) is 158 Å². The van der Waals surface area contributed by atoms with Crippen molar-refractivity contribution in [2.75, 3.05) is 0 Å². The van der Waals surface area contributed by atoms with Crippen LogP contribution in [0.3, 0.4) is 0 Å². The third-order valence-electron chi connectivity index (χ3n) is 9.59. The zero-order valence-corrected chi connectivity index (χ0v) is 24.4. The molecule has 0 spiro atoms. The van der Waals surface area contributed by atoms with Gasteiger partial charge in [-0.3, -0.25) is 0 Å². The molecule has 45 heavy (non-hydrogen) atoms. The standard InChI is InChI=1S/C44H26O/c1-2-8-37-36(7-1)39-10-5-6-34-24-35(26-41(37)44(34)39)32-19-18-30-22-29(16-17-31(30)23-32)27-12-14-28(15-13-27)33-20-21-43-40(25-33)38-9-3-4-11-42(38)45-43/h1-26H. The van der Waals surface area contributed by atoms with Crippen LogP contribution in [0.25, 0.3) is 99.1 Å². The molecule has 1 aromatic heterocycles. The number of benzene rings is 8. The normalized spacial score (nSPS) is 12.0. The van der Waals surface area contributed by atoms with Crippen LogP contribution in [-0.4, -0.2) is 0 Å². The number of furan rings is 1. The van der Waals surface area contributed by atoms with Gasteiger partial charge in [-0.2, -0.15) is 0 Å². The average molecular weight is 571 g/mol. The Morgan fingerprint density at radius 2 is 0.844 bits per heavy atom. The molecule has 0 N–H and O–H groups in total. The molecule has 0 aliphatic heterocycles. The molecule has 1 nitrogen and oxygen atoms in total. The van der Waals surface area contributed by atoms with Crippen LogP contribution in [-0.2, 0) is 0 Å². The zero-order valence-electron chi connectivity index (χ0n) is 24.4. The van der Waals surface area contributed by atoms with Gasteiger partial charge in [-0.25, -0.2) is 0 Å². The van der Waals surface area contributed by atoms with E-state index in [0.29, 0.717) is 0 Å². The highest BCUT2D eigenvalue weighted by Gasteiger charge is 2.21. The van der Waals surface area contributed by atoms with Crippen molar-refractivity contribution < 1.29 is 4.42 Å². The summed E-state index contributed by atoms with van der Waals surface area (Å²) in [7, 11) is 0. The fourth-order valence-corrected chi connectivity index (χ4v) is 7.35. The predicted octanol–water partition coefficient (Wildman–Crippen LogP) is 12.5. The second-order valence-corrected chi connectivity index (χ2v) is 12.1. The highest BCUT2D eigenvalue weighted by atomic mass is 16.3. The van der Waals surface area contributed by atoms with E-state index in [4.69, 9.17) is 4.42 Å². The molecule has 10 rings (SSSR count). The van der Waals surface area contributed by atoms with Gasteiger partial charge in [0.15, 0.2) is 0 Å². The van der Waals surface area contributed by atoms with Gasteiger partial charge in [0.2, 0.25) is 0 Å². The van der Waals surface area contributed by atoms with Gasteiger partial charge in [-0.15, -0.1) is 0 Å². The SMILES string of the molecule is c1ccc2c(c1)-c1cccc3cc(-c4ccc5cc(-c6ccc(-c7ccc8oc9ccccc9c8c7)cc6)ccc5c4)cc-2c13. The second kappa shape index (κ2) is 9.29. The van der Waals surface area contributed by atoms with Gasteiger partial charge in [0, 0.05) is 10.8 Å². The summed E-state index contributed by atoms with van der Waals surface area (Å²) in [4.78, 5) is 0. The van der Waals surface area contributed by atoms with Crippen molar-refractivity contribution in [2.24, 2.45) is 0 Å². The van der Waals surface area contributed by atoms with E-state index in [9.17, 15) is 0 Å². The maximum absolute atomic E-state index is 6.03. The van der Waals surface area contributed by atoms with Crippen molar-refractivity contribution in [1.82, 2.24) is 0 Å². The summed E-state index contributed by atoms with van der Waals surface area (Å²) in [6.45, 7) is 0. The molecule has 208 valence electrons. The summed E-state index contributed by atoms with van der Waals surface area (Å²) >= 11 is 0. The average Bonchev–Trinajstić information content (AvgIpc) is 3.64. The molecule has 0 unspecified atom stereocenters. The lowest BCUT2D eigenvalue weighted by atomic mass is 9.93. The number of hydrogen-bond donors (Lipinski definition) is 0. The van der Waals surface area contributed by atoms with Crippen LogP contribution >= 0.6 is 0 Å². The second-order valence-electron chi connectivity index (χ2n) is 12.1. The van der Waals surface area contributed by atoms with Gasteiger partial charge in [0.1, 0.15) is 11.2 Å². The molecule has 1 aliphatic carbocycles. The first-order chi connectivity index (χ1) is 22.3. The Balaban J connectivity index is 0.986. The van der Waals surface area contributed by atoms with E-state index in [1.165, 1.54) is 77.2 Å². The van der Waals surface area contributed by atoms with Gasteiger partial charge in [0.25, 0.3) is 0 Å². The Morgan fingerprint density at radius 1 is 0.289 bits per heavy atom. The van der Waals surface area contributed by atoms with Crippen LogP contribution in [0, 0.1) is 0 Å². The van der Waals surface area contributed by atoms with Crippen LogP contribution in [0.5, 0.6) is 0 Å². The summed E-state index contributed by atoms with van der Waals surface area (Å²) in [5, 5.41) is 7.48. The molecule has 1 heteroatoms. The fraction of sp³-hybridized carbons (Fsp3) is 0. The van der Waals surface area contributed by atoms with Crippen molar-refractivity contribution >= 4 is 43.5 Å². The van der Waals surface area contributed by atoms with Crippen LogP contribution in [0.15, 0.2) is 162 Å². The minimum atomic E-state index is 0.926. The topological polar surface area (TPSA) is 13.1 Å². The first kappa shape index (κ1) is 24.5. The van der Waals surface area contributed by atoms with E-state index in [-0.39, 0.29) is 0 Å². The lowest BCUT2D eigenvalue weighted by molar-refractivity contribution is 0.669. The molecule has 0 bridgehead atoms. The molecular formula is C44H26O. The Bertz CT molecular complexity index is 2640. The number of fused-ring (bicyclic) bond motifs is 7. The van der Waals surface area contributed by atoms with Gasteiger partial charge in [-0.1, -0.05) is 115 Å². The van der Waals surface area contributed by atoms with Crippen LogP contribution in [0.1, 0.15) is 0 Å². The molecule has 0 radical (unpaired) electrons. The van der Waals surface area contributed by atoms with Crippen LogP contribution < -0.4 is 0 Å². The Kier molecular flexibility index (Phi) is 5.06. The van der Waals surface area contributed by atoms with E-state index in [0.717, 1.165) is 21.9 Å². The number of rotatable bonds is 3. The van der Waals surface area contributed by atoms with Crippen molar-refractivity contribution in [1.29, 1.82) is 0 Å².